The Kier molecular flexibility index (Phi) is 15.6. The maximum atomic E-state index is 13.3. The average Bonchev–Trinajstić information content (AvgIpc) is 3.05. The first kappa shape index (κ1) is 39.7. The van der Waals surface area contributed by atoms with Gasteiger partial charge in [0.2, 0.25) is 0 Å². The minimum Gasteiger partial charge on any atom is -0.462 e. The molecular formula is C37H55NO10. The fraction of sp³-hybridized carbons (Fsp3) is 0.649. The molecule has 0 spiro atoms. The highest BCUT2D eigenvalue weighted by Gasteiger charge is 2.47. The SMILES string of the molecule is CC[C@H]1OC(=O)C[C@@H](O)[C@H](C)[C@@H](O[C@@H]2O[C@H](C)[C@@H](O)[C@H](N(C)C)[C@H]2O)C(C=O)C[C@@H](C)C(=O)/C=C/C(C)=C/[C@@H]1COCc1ccccc1. The molecule has 11 heteroatoms. The van der Waals surface area contributed by atoms with Gasteiger partial charge in [-0.05, 0) is 52.4 Å². The molecule has 0 saturated carbocycles. The van der Waals surface area contributed by atoms with E-state index >= 15 is 0 Å². The number of cyclic esters (lactones) is 1. The van der Waals surface area contributed by atoms with Crippen LogP contribution in [0.15, 0.2) is 54.1 Å². The van der Waals surface area contributed by atoms with Gasteiger partial charge in [0.05, 0.1) is 50.1 Å². The number of aliphatic hydroxyl groups is 3. The van der Waals surface area contributed by atoms with Crippen LogP contribution in [0.4, 0.5) is 0 Å². The number of hydrogen-bond acceptors (Lipinski definition) is 11. The van der Waals surface area contributed by atoms with Gasteiger partial charge in [0.1, 0.15) is 18.5 Å². The van der Waals surface area contributed by atoms with Crippen molar-refractivity contribution in [1.82, 2.24) is 4.90 Å². The molecule has 0 radical (unpaired) electrons. The molecule has 11 nitrogen and oxygen atoms in total. The van der Waals surface area contributed by atoms with Crippen LogP contribution in [0, 0.1) is 23.7 Å². The lowest BCUT2D eigenvalue weighted by atomic mass is 9.81. The van der Waals surface area contributed by atoms with E-state index in [0.717, 1.165) is 11.1 Å². The van der Waals surface area contributed by atoms with Gasteiger partial charge in [-0.1, -0.05) is 68.8 Å². The molecule has 1 saturated heterocycles. The lowest BCUT2D eigenvalue weighted by Gasteiger charge is -2.46. The molecule has 2 aliphatic heterocycles. The number of benzene rings is 1. The first-order valence-electron chi connectivity index (χ1n) is 17.0. The van der Waals surface area contributed by atoms with E-state index in [1.165, 1.54) is 6.08 Å². The Balaban J connectivity index is 1.91. The van der Waals surface area contributed by atoms with Gasteiger partial charge in [0, 0.05) is 23.7 Å². The number of ether oxygens (including phenoxy) is 4. The molecule has 0 aliphatic carbocycles. The van der Waals surface area contributed by atoms with Gasteiger partial charge in [0.25, 0.3) is 0 Å². The van der Waals surface area contributed by atoms with Crippen LogP contribution in [0.25, 0.3) is 0 Å². The van der Waals surface area contributed by atoms with E-state index < -0.39 is 72.7 Å². The summed E-state index contributed by atoms with van der Waals surface area (Å²) in [5.41, 5.74) is 1.79. The number of ketones is 1. The summed E-state index contributed by atoms with van der Waals surface area (Å²) in [5, 5.41) is 33.2. The number of carbonyl (C=O) groups is 3. The van der Waals surface area contributed by atoms with Crippen LogP contribution in [0.5, 0.6) is 0 Å². The molecular weight excluding hydrogens is 618 g/mol. The number of rotatable bonds is 9. The molecule has 1 aromatic carbocycles. The van der Waals surface area contributed by atoms with Crippen molar-refractivity contribution in [3.8, 4) is 0 Å². The number of allylic oxidation sites excluding steroid dienone is 3. The fourth-order valence-electron chi connectivity index (χ4n) is 6.48. The summed E-state index contributed by atoms with van der Waals surface area (Å²) in [7, 11) is 3.43. The molecule has 1 aromatic rings. The second-order valence-corrected chi connectivity index (χ2v) is 13.6. The zero-order chi connectivity index (χ0) is 35.5. The summed E-state index contributed by atoms with van der Waals surface area (Å²) in [6.45, 7) is 9.42. The van der Waals surface area contributed by atoms with Crippen molar-refractivity contribution in [2.75, 3.05) is 20.7 Å². The minimum absolute atomic E-state index is 0.0908. The molecule has 2 aliphatic rings. The molecule has 0 amide bonds. The summed E-state index contributed by atoms with van der Waals surface area (Å²) in [4.78, 5) is 40.8. The first-order chi connectivity index (χ1) is 22.8. The highest BCUT2D eigenvalue weighted by atomic mass is 16.7. The predicted octanol–water partition coefficient (Wildman–Crippen LogP) is 3.24. The Labute approximate surface area is 284 Å². The van der Waals surface area contributed by atoms with E-state index in [1.54, 1.807) is 45.8 Å². The second-order valence-electron chi connectivity index (χ2n) is 13.6. The highest BCUT2D eigenvalue weighted by Crippen LogP contribution is 2.32. The second kappa shape index (κ2) is 18.8. The molecule has 48 heavy (non-hydrogen) atoms. The molecule has 0 bridgehead atoms. The van der Waals surface area contributed by atoms with Gasteiger partial charge in [-0.25, -0.2) is 0 Å². The molecule has 3 N–H and O–H groups in total. The highest BCUT2D eigenvalue weighted by molar-refractivity contribution is 5.92. The van der Waals surface area contributed by atoms with E-state index in [-0.39, 0.29) is 31.1 Å². The number of esters is 1. The van der Waals surface area contributed by atoms with Gasteiger partial charge >= 0.3 is 5.97 Å². The number of aldehydes is 1. The summed E-state index contributed by atoms with van der Waals surface area (Å²) < 4.78 is 24.1. The minimum atomic E-state index is -1.30. The van der Waals surface area contributed by atoms with Crippen molar-refractivity contribution in [3.05, 3.63) is 59.7 Å². The van der Waals surface area contributed by atoms with E-state index in [2.05, 4.69) is 0 Å². The molecule has 12 atom stereocenters. The number of aliphatic hydroxyl groups excluding tert-OH is 3. The van der Waals surface area contributed by atoms with Crippen molar-refractivity contribution < 1.29 is 48.7 Å². The molecule has 1 fully saturated rings. The Morgan fingerprint density at radius 3 is 2.33 bits per heavy atom. The topological polar surface area (TPSA) is 152 Å². The molecule has 1 unspecified atom stereocenters. The number of carbonyl (C=O) groups excluding carboxylic acids is 3. The van der Waals surface area contributed by atoms with E-state index in [1.807, 2.05) is 50.3 Å². The zero-order valence-electron chi connectivity index (χ0n) is 29.3. The number of hydrogen-bond donors (Lipinski definition) is 3. The summed E-state index contributed by atoms with van der Waals surface area (Å²) in [6, 6.07) is 9.00. The predicted molar refractivity (Wildman–Crippen MR) is 179 cm³/mol. The van der Waals surface area contributed by atoms with Crippen molar-refractivity contribution in [2.24, 2.45) is 23.7 Å². The molecule has 3 rings (SSSR count). The van der Waals surface area contributed by atoms with E-state index in [9.17, 15) is 29.7 Å². The van der Waals surface area contributed by atoms with Gasteiger partial charge in [-0.15, -0.1) is 0 Å². The van der Waals surface area contributed by atoms with Gasteiger partial charge in [-0.3, -0.25) is 9.59 Å². The maximum absolute atomic E-state index is 13.3. The number of nitrogens with zero attached hydrogens (tertiary/aromatic N) is 1. The van der Waals surface area contributed by atoms with Crippen molar-refractivity contribution in [3.63, 3.8) is 0 Å². The lowest BCUT2D eigenvalue weighted by molar-refractivity contribution is -0.302. The van der Waals surface area contributed by atoms with Crippen LogP contribution in [0.2, 0.25) is 0 Å². The van der Waals surface area contributed by atoms with E-state index in [0.29, 0.717) is 19.3 Å². The molecule has 268 valence electrons. The van der Waals surface area contributed by atoms with Crippen molar-refractivity contribution in [1.29, 1.82) is 0 Å². The Morgan fingerprint density at radius 2 is 1.71 bits per heavy atom. The van der Waals surface area contributed by atoms with Crippen LogP contribution in [0.1, 0.15) is 59.4 Å². The zero-order valence-corrected chi connectivity index (χ0v) is 29.3. The number of likely N-dealkylation sites (N-methyl/N-ethyl adjacent to an activating group) is 1. The van der Waals surface area contributed by atoms with E-state index in [4.69, 9.17) is 18.9 Å². The Hall–Kier alpha value is -2.77. The monoisotopic (exact) mass is 673 g/mol. The van der Waals surface area contributed by atoms with Crippen LogP contribution in [-0.4, -0.2) is 108 Å². The van der Waals surface area contributed by atoms with Crippen LogP contribution in [0.3, 0.4) is 0 Å². The van der Waals surface area contributed by atoms with Gasteiger partial charge < -0.3 is 44.0 Å². The van der Waals surface area contributed by atoms with Crippen LogP contribution in [-0.2, 0) is 39.9 Å². The average molecular weight is 674 g/mol. The third-order valence-corrected chi connectivity index (χ3v) is 9.48. The molecule has 2 heterocycles. The third kappa shape index (κ3) is 10.9. The third-order valence-electron chi connectivity index (χ3n) is 9.48. The smallest absolute Gasteiger partial charge is 0.308 e. The van der Waals surface area contributed by atoms with Crippen molar-refractivity contribution in [2.45, 2.75) is 109 Å². The van der Waals surface area contributed by atoms with Crippen molar-refractivity contribution >= 4 is 18.0 Å². The van der Waals surface area contributed by atoms with Gasteiger partial charge in [-0.2, -0.15) is 0 Å². The lowest BCUT2D eigenvalue weighted by Crippen LogP contribution is -2.63. The van der Waals surface area contributed by atoms with Crippen LogP contribution >= 0.6 is 0 Å². The Morgan fingerprint density at radius 1 is 1.02 bits per heavy atom. The summed E-state index contributed by atoms with van der Waals surface area (Å²) in [5.74, 6) is -3.44. The maximum Gasteiger partial charge on any atom is 0.308 e. The van der Waals surface area contributed by atoms with Crippen LogP contribution < -0.4 is 0 Å². The quantitative estimate of drug-likeness (QED) is 0.262. The molecule has 0 aromatic heterocycles. The normalized spacial score (nSPS) is 37.8. The standard InChI is InChI=1S/C37H55NO10/c1-8-31-28(21-45-20-26-12-10-9-11-13-26)16-22(2)14-15-29(40)23(3)17-27(19-39)36(24(4)30(41)18-32(42)47-31)48-37-35(44)33(38(6)7)34(43)25(5)46-37/h9-16,19,23-25,27-28,30-31,33-37,41,43-44H,8,17-18,20-21H2,1-7H3/b15-14+,22-16+/t23-,24+,25-,27?,28-,30-,31-,33+,34-,35-,36-,37+/m1/s1. The van der Waals surface area contributed by atoms with Gasteiger partial charge in [0.15, 0.2) is 12.1 Å². The largest absolute Gasteiger partial charge is 0.462 e. The summed E-state index contributed by atoms with van der Waals surface area (Å²) >= 11 is 0. The fourth-order valence-corrected chi connectivity index (χ4v) is 6.48. The first-order valence-corrected chi connectivity index (χ1v) is 17.0. The summed E-state index contributed by atoms with van der Waals surface area (Å²) in [6.07, 6.45) is -1.19. The Bertz CT molecular complexity index is 1240.